The van der Waals surface area contributed by atoms with Gasteiger partial charge in [-0.1, -0.05) is 13.0 Å². The molecule has 3 nitrogen and oxygen atoms in total. The van der Waals surface area contributed by atoms with Gasteiger partial charge in [0.25, 0.3) is 5.91 Å². The van der Waals surface area contributed by atoms with Gasteiger partial charge in [0.05, 0.1) is 11.6 Å². The van der Waals surface area contributed by atoms with Crippen LogP contribution in [0.25, 0.3) is 0 Å². The first-order valence-electron chi connectivity index (χ1n) is 8.55. The van der Waals surface area contributed by atoms with Gasteiger partial charge in [-0.15, -0.1) is 11.3 Å². The average molecular weight is 425 g/mol. The summed E-state index contributed by atoms with van der Waals surface area (Å²) in [5.41, 5.74) is 0.457. The predicted molar refractivity (Wildman–Crippen MR) is 103 cm³/mol. The molecule has 0 saturated carbocycles. The van der Waals surface area contributed by atoms with Gasteiger partial charge in [-0.3, -0.25) is 9.69 Å². The molecule has 2 aromatic rings. The Morgan fingerprint density at radius 3 is 2.80 bits per heavy atom. The lowest BCUT2D eigenvalue weighted by molar-refractivity contribution is 0.0914. The Kier molecular flexibility index (Phi) is 6.25. The molecule has 6 heteroatoms. The number of halogens is 2. The zero-order valence-corrected chi connectivity index (χ0v) is 16.6. The minimum Gasteiger partial charge on any atom is -0.350 e. The maximum Gasteiger partial charge on any atom is 0.252 e. The van der Waals surface area contributed by atoms with E-state index in [-0.39, 0.29) is 17.8 Å². The molecule has 0 aliphatic carbocycles. The van der Waals surface area contributed by atoms with Crippen LogP contribution in [-0.2, 0) is 0 Å². The molecule has 25 heavy (non-hydrogen) atoms. The van der Waals surface area contributed by atoms with Gasteiger partial charge in [-0.25, -0.2) is 4.39 Å². The number of thiophene rings is 1. The molecule has 1 aliphatic rings. The van der Waals surface area contributed by atoms with Crippen molar-refractivity contribution in [1.82, 2.24) is 10.2 Å². The van der Waals surface area contributed by atoms with E-state index in [1.807, 2.05) is 0 Å². The second kappa shape index (κ2) is 8.43. The van der Waals surface area contributed by atoms with Crippen molar-refractivity contribution in [3.05, 3.63) is 56.4 Å². The Labute approximate surface area is 160 Å². The second-order valence-corrected chi connectivity index (χ2v) is 8.42. The minimum atomic E-state index is -0.359. The van der Waals surface area contributed by atoms with Crippen molar-refractivity contribution < 1.29 is 9.18 Å². The zero-order chi connectivity index (χ0) is 17.8. The maximum absolute atomic E-state index is 13.2. The van der Waals surface area contributed by atoms with E-state index in [0.29, 0.717) is 16.6 Å². The number of hydrogen-bond acceptors (Lipinski definition) is 3. The summed E-state index contributed by atoms with van der Waals surface area (Å²) in [5.74, 6) is 0.228. The van der Waals surface area contributed by atoms with Gasteiger partial charge in [0.2, 0.25) is 0 Å². The first-order valence-corrected chi connectivity index (χ1v) is 10.2. The Hall–Kier alpha value is -1.24. The van der Waals surface area contributed by atoms with Crippen molar-refractivity contribution in [3.63, 3.8) is 0 Å². The number of carbonyl (C=O) groups is 1. The van der Waals surface area contributed by atoms with E-state index in [2.05, 4.69) is 50.6 Å². The molecule has 1 N–H and O–H groups in total. The van der Waals surface area contributed by atoms with E-state index in [9.17, 15) is 9.18 Å². The van der Waals surface area contributed by atoms with E-state index < -0.39 is 0 Å². The van der Waals surface area contributed by atoms with Crippen molar-refractivity contribution in [2.75, 3.05) is 19.6 Å². The van der Waals surface area contributed by atoms with Crippen LogP contribution in [0.2, 0.25) is 0 Å². The van der Waals surface area contributed by atoms with Gasteiger partial charge in [-0.2, -0.15) is 0 Å². The summed E-state index contributed by atoms with van der Waals surface area (Å²) in [6, 6.07) is 8.51. The van der Waals surface area contributed by atoms with E-state index in [1.54, 1.807) is 11.3 Å². The lowest BCUT2D eigenvalue weighted by atomic mass is 9.97. The lowest BCUT2D eigenvalue weighted by Crippen LogP contribution is -2.41. The molecule has 2 heterocycles. The summed E-state index contributed by atoms with van der Waals surface area (Å²) in [6.45, 7) is 4.96. The topological polar surface area (TPSA) is 32.3 Å². The highest BCUT2D eigenvalue weighted by Gasteiger charge is 2.26. The molecular weight excluding hydrogens is 403 g/mol. The quantitative estimate of drug-likeness (QED) is 0.743. The number of piperidine rings is 1. The molecule has 0 radical (unpaired) electrons. The monoisotopic (exact) mass is 424 g/mol. The van der Waals surface area contributed by atoms with Gasteiger partial charge < -0.3 is 5.32 Å². The van der Waals surface area contributed by atoms with Gasteiger partial charge in [0.1, 0.15) is 5.82 Å². The molecule has 3 rings (SSSR count). The number of amides is 1. The molecular formula is C19H22BrFN2OS. The number of hydrogen-bond donors (Lipinski definition) is 1. The summed E-state index contributed by atoms with van der Waals surface area (Å²) in [7, 11) is 0. The summed E-state index contributed by atoms with van der Waals surface area (Å²) in [4.78, 5) is 16.2. The van der Waals surface area contributed by atoms with E-state index in [0.717, 1.165) is 19.0 Å². The number of nitrogens with zero attached hydrogens (tertiary/aromatic N) is 1. The molecule has 1 atom stereocenters. The van der Waals surface area contributed by atoms with Gasteiger partial charge in [0.15, 0.2) is 0 Å². The highest BCUT2D eigenvalue weighted by molar-refractivity contribution is 9.10. The average Bonchev–Trinajstić information content (AvgIpc) is 3.10. The number of benzene rings is 1. The van der Waals surface area contributed by atoms with E-state index >= 15 is 0 Å². The summed E-state index contributed by atoms with van der Waals surface area (Å²) in [6.07, 6.45) is 2.39. The first-order chi connectivity index (χ1) is 12.0. The maximum atomic E-state index is 13.2. The number of likely N-dealkylation sites (tertiary alicyclic amines) is 1. The molecule has 1 amide bonds. The van der Waals surface area contributed by atoms with Crippen LogP contribution in [0.15, 0.2) is 40.2 Å². The predicted octanol–water partition coefficient (Wildman–Crippen LogP) is 4.85. The number of carbonyl (C=O) groups excluding carboxylic acids is 1. The van der Waals surface area contributed by atoms with Crippen molar-refractivity contribution in [2.24, 2.45) is 5.92 Å². The van der Waals surface area contributed by atoms with Crippen molar-refractivity contribution >= 4 is 33.2 Å². The Morgan fingerprint density at radius 1 is 1.40 bits per heavy atom. The van der Waals surface area contributed by atoms with Gasteiger partial charge >= 0.3 is 0 Å². The summed E-state index contributed by atoms with van der Waals surface area (Å²) < 4.78 is 13.7. The third-order valence-electron chi connectivity index (χ3n) is 4.76. The molecule has 1 aliphatic heterocycles. The molecule has 1 fully saturated rings. The van der Waals surface area contributed by atoms with Crippen LogP contribution in [0.3, 0.4) is 0 Å². The molecule has 0 spiro atoms. The first kappa shape index (κ1) is 18.5. The van der Waals surface area contributed by atoms with Crippen LogP contribution in [0.4, 0.5) is 4.39 Å². The van der Waals surface area contributed by atoms with Gasteiger partial charge in [-0.05, 0) is 77.4 Å². The fourth-order valence-corrected chi connectivity index (χ4v) is 4.58. The highest BCUT2D eigenvalue weighted by atomic mass is 79.9. The Bertz CT molecular complexity index is 714. The van der Waals surface area contributed by atoms with Crippen molar-refractivity contribution in [3.8, 4) is 0 Å². The van der Waals surface area contributed by atoms with Crippen LogP contribution < -0.4 is 5.32 Å². The molecule has 1 saturated heterocycles. The zero-order valence-electron chi connectivity index (χ0n) is 14.2. The minimum absolute atomic E-state index is 0.182. The van der Waals surface area contributed by atoms with Crippen molar-refractivity contribution in [2.45, 2.75) is 25.8 Å². The van der Waals surface area contributed by atoms with Crippen molar-refractivity contribution in [1.29, 1.82) is 0 Å². The standard InChI is InChI=1S/C19H22BrFN2OS/c1-13-6-8-23(9-7-13)17(18-3-2-10-25-18)12-22-19(24)15-5-4-14(21)11-16(15)20/h2-5,10-11,13,17H,6-9,12H2,1H3,(H,22,24)/t17-/m0/s1. The smallest absolute Gasteiger partial charge is 0.252 e. The fourth-order valence-electron chi connectivity index (χ4n) is 3.19. The lowest BCUT2D eigenvalue weighted by Gasteiger charge is -2.36. The molecule has 134 valence electrons. The molecule has 1 aromatic carbocycles. The van der Waals surface area contributed by atoms with Gasteiger partial charge in [0, 0.05) is 15.9 Å². The number of nitrogens with one attached hydrogen (secondary N) is 1. The SMILES string of the molecule is CC1CCN([C@@H](CNC(=O)c2ccc(F)cc2Br)c2cccs2)CC1. The Balaban J connectivity index is 1.69. The largest absolute Gasteiger partial charge is 0.350 e. The number of rotatable bonds is 5. The fraction of sp³-hybridized carbons (Fsp3) is 0.421. The van der Waals surface area contributed by atoms with Crippen LogP contribution in [0.1, 0.15) is 41.0 Å². The third kappa shape index (κ3) is 4.68. The normalized spacial score (nSPS) is 17.4. The van der Waals surface area contributed by atoms with Crippen LogP contribution in [0, 0.1) is 11.7 Å². The molecule has 1 aromatic heterocycles. The van der Waals surface area contributed by atoms with Crippen LogP contribution in [-0.4, -0.2) is 30.4 Å². The molecule has 0 unspecified atom stereocenters. The Morgan fingerprint density at radius 2 is 2.16 bits per heavy atom. The van der Waals surface area contributed by atoms with E-state index in [1.165, 1.54) is 35.9 Å². The summed E-state index contributed by atoms with van der Waals surface area (Å²) >= 11 is 4.99. The molecule has 0 bridgehead atoms. The van der Waals surface area contributed by atoms with Crippen LogP contribution in [0.5, 0.6) is 0 Å². The third-order valence-corrected chi connectivity index (χ3v) is 6.39. The van der Waals surface area contributed by atoms with E-state index in [4.69, 9.17) is 0 Å². The van der Waals surface area contributed by atoms with Crippen LogP contribution >= 0.6 is 27.3 Å². The summed E-state index contributed by atoms with van der Waals surface area (Å²) in [5, 5.41) is 5.11. The second-order valence-electron chi connectivity index (χ2n) is 6.58. The highest BCUT2D eigenvalue weighted by Crippen LogP contribution is 2.29.